The molecule has 8 nitrogen and oxygen atoms in total. The van der Waals surface area contributed by atoms with Crippen molar-refractivity contribution >= 4 is 77.2 Å². The summed E-state index contributed by atoms with van der Waals surface area (Å²) in [5.41, 5.74) is 0.616. The van der Waals surface area contributed by atoms with Crippen molar-refractivity contribution in [1.29, 1.82) is 0 Å². The average Bonchev–Trinajstić information content (AvgIpc) is 3.59. The Morgan fingerprint density at radius 3 is 2.74 bits per heavy atom. The molecule has 1 amide bonds. The number of amides is 1. The Morgan fingerprint density at radius 2 is 2.03 bits per heavy atom. The molecule has 1 saturated heterocycles. The number of sulfonamides is 1. The Hall–Kier alpha value is -2.02. The Bertz CT molecular complexity index is 1430. The molecule has 13 heteroatoms. The first-order valence-electron chi connectivity index (χ1n) is 10.5. The van der Waals surface area contributed by atoms with Crippen molar-refractivity contribution < 1.29 is 13.2 Å². The van der Waals surface area contributed by atoms with Crippen molar-refractivity contribution in [2.75, 3.05) is 18.0 Å². The molecular formula is C21H19Cl2N5O3S3. The molecular weight excluding hydrogens is 537 g/mol. The van der Waals surface area contributed by atoms with E-state index in [1.807, 2.05) is 18.3 Å². The molecule has 0 bridgehead atoms. The zero-order valence-corrected chi connectivity index (χ0v) is 21.6. The molecule has 34 heavy (non-hydrogen) atoms. The lowest BCUT2D eigenvalue weighted by molar-refractivity contribution is -0.121. The molecule has 5 rings (SSSR count). The van der Waals surface area contributed by atoms with E-state index in [2.05, 4.69) is 10.1 Å². The van der Waals surface area contributed by atoms with Crippen LogP contribution in [0.3, 0.4) is 0 Å². The number of fused-ring (bicyclic) bond motifs is 1. The Labute approximate surface area is 214 Å². The molecule has 1 unspecified atom stereocenters. The SMILES string of the molecule is O=C(C1CCCN1S(=O)(=O)c1ccc(Cl)s1)N(CCn1cccn1)c1nc2c(Cl)cccc2s1. The third-order valence-corrected chi connectivity index (χ3v) is 10.5. The van der Waals surface area contributed by atoms with Gasteiger partial charge < -0.3 is 0 Å². The largest absolute Gasteiger partial charge is 0.285 e. The molecule has 178 valence electrons. The summed E-state index contributed by atoms with van der Waals surface area (Å²) in [6.07, 6.45) is 4.50. The van der Waals surface area contributed by atoms with Gasteiger partial charge in [-0.1, -0.05) is 40.6 Å². The van der Waals surface area contributed by atoms with Gasteiger partial charge in [-0.15, -0.1) is 11.3 Å². The van der Waals surface area contributed by atoms with Crippen LogP contribution in [0.5, 0.6) is 0 Å². The standard InChI is InChI=1S/C21H19Cl2N5O3S3/c22-14-4-1-6-16-19(14)25-21(32-16)27(13-12-26-10-3-9-24-26)20(29)15-5-2-11-28(15)34(30,31)18-8-7-17(23)33-18/h1,3-4,6-10,15H,2,5,11-13H2. The zero-order valence-electron chi connectivity index (χ0n) is 17.7. The molecule has 0 radical (unpaired) electrons. The van der Waals surface area contributed by atoms with Gasteiger partial charge in [-0.05, 0) is 43.2 Å². The van der Waals surface area contributed by atoms with Crippen LogP contribution in [0, 0.1) is 0 Å². The number of rotatable bonds is 7. The molecule has 0 aliphatic carbocycles. The molecule has 1 fully saturated rings. The maximum atomic E-state index is 13.9. The van der Waals surface area contributed by atoms with E-state index in [-0.39, 0.29) is 23.2 Å². The fourth-order valence-corrected chi connectivity index (χ4v) is 8.52. The predicted molar refractivity (Wildman–Crippen MR) is 135 cm³/mol. The van der Waals surface area contributed by atoms with Gasteiger partial charge in [-0.2, -0.15) is 9.40 Å². The van der Waals surface area contributed by atoms with Gasteiger partial charge in [0, 0.05) is 25.5 Å². The van der Waals surface area contributed by atoms with E-state index in [1.165, 1.54) is 21.7 Å². The van der Waals surface area contributed by atoms with Crippen molar-refractivity contribution in [2.45, 2.75) is 29.6 Å². The Morgan fingerprint density at radius 1 is 1.18 bits per heavy atom. The van der Waals surface area contributed by atoms with Crippen LogP contribution in [-0.4, -0.2) is 52.5 Å². The van der Waals surface area contributed by atoms with Crippen molar-refractivity contribution in [3.63, 3.8) is 0 Å². The third-order valence-electron chi connectivity index (χ3n) is 5.57. The van der Waals surface area contributed by atoms with Gasteiger partial charge in [0.2, 0.25) is 5.91 Å². The van der Waals surface area contributed by atoms with Crippen molar-refractivity contribution in [3.05, 3.63) is 58.2 Å². The van der Waals surface area contributed by atoms with Crippen LogP contribution in [0.2, 0.25) is 9.36 Å². The number of thiophene rings is 1. The van der Waals surface area contributed by atoms with E-state index in [1.54, 1.807) is 34.0 Å². The summed E-state index contributed by atoms with van der Waals surface area (Å²) in [5, 5.41) is 5.19. The molecule has 1 atom stereocenters. The highest BCUT2D eigenvalue weighted by Crippen LogP contribution is 2.36. The number of carbonyl (C=O) groups is 1. The number of hydrogen-bond donors (Lipinski definition) is 0. The Balaban J connectivity index is 1.49. The molecule has 0 saturated carbocycles. The maximum absolute atomic E-state index is 13.9. The van der Waals surface area contributed by atoms with Crippen molar-refractivity contribution in [1.82, 2.24) is 19.1 Å². The lowest BCUT2D eigenvalue weighted by Gasteiger charge is -2.28. The van der Waals surface area contributed by atoms with Crippen LogP contribution in [0.25, 0.3) is 10.2 Å². The van der Waals surface area contributed by atoms with Gasteiger partial charge in [0.1, 0.15) is 15.8 Å². The minimum atomic E-state index is -3.85. The van der Waals surface area contributed by atoms with Gasteiger partial charge in [-0.25, -0.2) is 13.4 Å². The molecule has 1 aliphatic rings. The number of para-hydroxylation sites is 1. The summed E-state index contributed by atoms with van der Waals surface area (Å²) in [7, 11) is -3.85. The van der Waals surface area contributed by atoms with E-state index < -0.39 is 16.1 Å². The van der Waals surface area contributed by atoms with Gasteiger partial charge >= 0.3 is 0 Å². The molecule has 1 aromatic carbocycles. The second-order valence-electron chi connectivity index (χ2n) is 7.67. The Kier molecular flexibility index (Phi) is 6.66. The van der Waals surface area contributed by atoms with E-state index in [9.17, 15) is 13.2 Å². The maximum Gasteiger partial charge on any atom is 0.253 e. The predicted octanol–water partition coefficient (Wildman–Crippen LogP) is 4.75. The number of benzene rings is 1. The second kappa shape index (κ2) is 9.56. The normalized spacial score (nSPS) is 16.9. The summed E-state index contributed by atoms with van der Waals surface area (Å²) in [4.78, 5) is 20.1. The van der Waals surface area contributed by atoms with Crippen LogP contribution < -0.4 is 4.90 Å². The highest BCUT2D eigenvalue weighted by atomic mass is 35.5. The van der Waals surface area contributed by atoms with E-state index in [0.717, 1.165) is 16.0 Å². The average molecular weight is 557 g/mol. The second-order valence-corrected chi connectivity index (χ2v) is 12.9. The van der Waals surface area contributed by atoms with Gasteiger partial charge in [0.25, 0.3) is 10.0 Å². The molecule has 1 aliphatic heterocycles. The van der Waals surface area contributed by atoms with E-state index in [4.69, 9.17) is 23.2 Å². The molecule has 4 heterocycles. The van der Waals surface area contributed by atoms with Gasteiger partial charge in [0.05, 0.1) is 20.6 Å². The van der Waals surface area contributed by atoms with Crippen LogP contribution >= 0.6 is 45.9 Å². The van der Waals surface area contributed by atoms with Crippen molar-refractivity contribution in [3.8, 4) is 0 Å². The summed E-state index contributed by atoms with van der Waals surface area (Å²) in [6, 6.07) is 9.49. The van der Waals surface area contributed by atoms with Gasteiger partial charge in [0.15, 0.2) is 5.13 Å². The fourth-order valence-electron chi connectivity index (χ4n) is 3.96. The molecule has 0 N–H and O–H groups in total. The number of hydrogen-bond acceptors (Lipinski definition) is 7. The van der Waals surface area contributed by atoms with Gasteiger partial charge in [-0.3, -0.25) is 14.4 Å². The number of carbonyl (C=O) groups excluding carboxylic acids is 1. The van der Waals surface area contributed by atoms with Crippen LogP contribution in [0.4, 0.5) is 5.13 Å². The monoisotopic (exact) mass is 555 g/mol. The van der Waals surface area contributed by atoms with Crippen LogP contribution in [-0.2, 0) is 21.4 Å². The summed E-state index contributed by atoms with van der Waals surface area (Å²) in [5.74, 6) is -0.314. The van der Waals surface area contributed by atoms with Crippen molar-refractivity contribution in [2.24, 2.45) is 0 Å². The number of anilines is 1. The zero-order chi connectivity index (χ0) is 23.9. The summed E-state index contributed by atoms with van der Waals surface area (Å²) < 4.78 is 31.0. The topological polar surface area (TPSA) is 88.4 Å². The minimum absolute atomic E-state index is 0.132. The first kappa shape index (κ1) is 23.7. The smallest absolute Gasteiger partial charge is 0.253 e. The lowest BCUT2D eigenvalue weighted by Crippen LogP contribution is -2.48. The highest BCUT2D eigenvalue weighted by Gasteiger charge is 2.42. The first-order valence-corrected chi connectivity index (χ1v) is 14.3. The first-order chi connectivity index (χ1) is 16.3. The molecule has 3 aromatic heterocycles. The van der Waals surface area contributed by atoms with Crippen LogP contribution in [0.15, 0.2) is 53.0 Å². The van der Waals surface area contributed by atoms with E-state index >= 15 is 0 Å². The number of nitrogens with zero attached hydrogens (tertiary/aromatic N) is 5. The minimum Gasteiger partial charge on any atom is -0.285 e. The van der Waals surface area contributed by atoms with Crippen LogP contribution in [0.1, 0.15) is 12.8 Å². The summed E-state index contributed by atoms with van der Waals surface area (Å²) >= 11 is 14.6. The molecule has 4 aromatic rings. The molecule has 0 spiro atoms. The third kappa shape index (κ3) is 4.48. The highest BCUT2D eigenvalue weighted by molar-refractivity contribution is 7.91. The quantitative estimate of drug-likeness (QED) is 0.328. The number of halogens is 2. The van der Waals surface area contributed by atoms with E-state index in [0.29, 0.717) is 39.4 Å². The lowest BCUT2D eigenvalue weighted by atomic mass is 10.2. The fraction of sp³-hybridized carbons (Fsp3) is 0.286. The number of aromatic nitrogens is 3. The summed E-state index contributed by atoms with van der Waals surface area (Å²) in [6.45, 7) is 0.989. The number of thiazole rings is 1.